The van der Waals surface area contributed by atoms with Crippen molar-refractivity contribution in [3.63, 3.8) is 0 Å². The van der Waals surface area contributed by atoms with Crippen LogP contribution in [0.15, 0.2) is 46.5 Å². The largest absolute Gasteiger partial charge is 0.501 e. The van der Waals surface area contributed by atoms with Crippen molar-refractivity contribution in [2.45, 2.75) is 37.1 Å². The Morgan fingerprint density at radius 1 is 1.21 bits per heavy atom. The number of fused-ring (bicyclic) bond motifs is 1. The number of rotatable bonds is 7. The molecule has 4 aromatic rings. The van der Waals surface area contributed by atoms with Gasteiger partial charge in [0.25, 0.3) is 0 Å². The van der Waals surface area contributed by atoms with Crippen molar-refractivity contribution in [3.8, 4) is 16.5 Å². The second-order valence-electron chi connectivity index (χ2n) is 9.27. The zero-order valence-electron chi connectivity index (χ0n) is 21.0. The lowest BCUT2D eigenvalue weighted by molar-refractivity contribution is -0.132. The van der Waals surface area contributed by atoms with Crippen LogP contribution >= 0.6 is 11.3 Å². The highest BCUT2D eigenvalue weighted by molar-refractivity contribution is 7.82. The number of piperidine rings is 1. The fraction of sp³-hybridized carbons (Fsp3) is 0.360. The summed E-state index contributed by atoms with van der Waals surface area (Å²) in [5.41, 5.74) is 0.0346. The molecule has 4 heterocycles. The van der Waals surface area contributed by atoms with Gasteiger partial charge in [-0.2, -0.15) is 0 Å². The van der Waals surface area contributed by atoms with Crippen molar-refractivity contribution in [2.24, 2.45) is 0 Å². The van der Waals surface area contributed by atoms with E-state index in [0.29, 0.717) is 21.9 Å². The molecule has 0 bridgehead atoms. The van der Waals surface area contributed by atoms with E-state index in [0.717, 1.165) is 37.2 Å². The van der Waals surface area contributed by atoms with Gasteiger partial charge in [0, 0.05) is 43.0 Å². The number of thiazole rings is 1. The first kappa shape index (κ1) is 26.2. The van der Waals surface area contributed by atoms with Crippen molar-refractivity contribution in [1.82, 2.24) is 28.1 Å². The highest BCUT2D eigenvalue weighted by atomic mass is 32.2. The predicted octanol–water partition coefficient (Wildman–Crippen LogP) is 2.65. The number of halogens is 1. The average molecular weight is 559 g/mol. The lowest BCUT2D eigenvalue weighted by Crippen LogP contribution is -2.37. The molecule has 13 heteroatoms. The summed E-state index contributed by atoms with van der Waals surface area (Å²) in [6, 6.07) is 4.16. The van der Waals surface area contributed by atoms with Gasteiger partial charge in [-0.15, -0.1) is 11.3 Å². The number of likely N-dealkylation sites (tertiary alicyclic amines) is 1. The third kappa shape index (κ3) is 5.13. The van der Waals surface area contributed by atoms with E-state index in [1.807, 2.05) is 4.90 Å². The highest BCUT2D eigenvalue weighted by Gasteiger charge is 2.22. The molecule has 38 heavy (non-hydrogen) atoms. The first-order chi connectivity index (χ1) is 18.2. The topological polar surface area (TPSA) is 113 Å². The van der Waals surface area contributed by atoms with Crippen LogP contribution in [0.25, 0.3) is 16.5 Å². The zero-order valence-corrected chi connectivity index (χ0v) is 22.6. The number of carbonyl (C=O) groups is 1. The third-order valence-corrected chi connectivity index (χ3v) is 8.83. The smallest absolute Gasteiger partial charge is 0.302 e. The number of hydrogen-bond acceptors (Lipinski definition) is 7. The molecule has 1 amide bonds. The summed E-state index contributed by atoms with van der Waals surface area (Å²) in [5, 5.41) is 11.0. The van der Waals surface area contributed by atoms with E-state index in [9.17, 15) is 23.3 Å². The Labute approximate surface area is 224 Å². The van der Waals surface area contributed by atoms with Crippen molar-refractivity contribution in [2.75, 3.05) is 27.2 Å². The van der Waals surface area contributed by atoms with Gasteiger partial charge >= 0.3 is 5.56 Å². The maximum absolute atomic E-state index is 13.9. The highest BCUT2D eigenvalue weighted by Crippen LogP contribution is 2.31. The Hall–Kier alpha value is -3.42. The number of imidazole rings is 1. The zero-order chi connectivity index (χ0) is 27.0. The SMILES string of the molecule is CN(C)S(=O)c1cc(F)ccc1Cc1cnc(-c2nc3n(CC(=O)N4CCCCC4)ccn3c(=O)c2O)s1. The van der Waals surface area contributed by atoms with Gasteiger partial charge in [0.15, 0.2) is 5.69 Å². The first-order valence-electron chi connectivity index (χ1n) is 12.1. The second-order valence-corrected chi connectivity index (χ2v) is 12.1. The van der Waals surface area contributed by atoms with Crippen LogP contribution in [0.5, 0.6) is 5.75 Å². The minimum atomic E-state index is -1.54. The van der Waals surface area contributed by atoms with E-state index in [2.05, 4.69) is 9.97 Å². The molecule has 5 rings (SSSR count). The molecule has 1 fully saturated rings. The van der Waals surface area contributed by atoms with Crippen LogP contribution in [-0.4, -0.2) is 70.5 Å². The van der Waals surface area contributed by atoms with E-state index in [-0.39, 0.29) is 23.9 Å². The average Bonchev–Trinajstić information content (AvgIpc) is 3.54. The van der Waals surface area contributed by atoms with Crippen LogP contribution in [-0.2, 0) is 28.7 Å². The maximum atomic E-state index is 13.9. The number of aromatic hydroxyl groups is 1. The summed E-state index contributed by atoms with van der Waals surface area (Å²) < 4.78 is 30.8. The van der Waals surface area contributed by atoms with Crippen LogP contribution in [0.2, 0.25) is 0 Å². The van der Waals surface area contributed by atoms with E-state index < -0.39 is 28.1 Å². The number of carbonyl (C=O) groups excluding carboxylic acids is 1. The van der Waals surface area contributed by atoms with Crippen molar-refractivity contribution >= 4 is 34.0 Å². The Kier molecular flexibility index (Phi) is 7.41. The van der Waals surface area contributed by atoms with Crippen LogP contribution < -0.4 is 5.56 Å². The minimum Gasteiger partial charge on any atom is -0.501 e. The number of amides is 1. The summed E-state index contributed by atoms with van der Waals surface area (Å²) in [6.45, 7) is 1.47. The van der Waals surface area contributed by atoms with Crippen LogP contribution in [0.1, 0.15) is 29.7 Å². The lowest BCUT2D eigenvalue weighted by Gasteiger charge is -2.26. The molecule has 1 saturated heterocycles. The lowest BCUT2D eigenvalue weighted by atomic mass is 10.1. The van der Waals surface area contributed by atoms with Crippen LogP contribution in [0.3, 0.4) is 0 Å². The molecular formula is C25H27FN6O4S2. The Bertz CT molecular complexity index is 1590. The van der Waals surface area contributed by atoms with Gasteiger partial charge in [0.05, 0.1) is 4.90 Å². The monoisotopic (exact) mass is 558 g/mol. The van der Waals surface area contributed by atoms with Gasteiger partial charge in [0.2, 0.25) is 17.4 Å². The first-order valence-corrected chi connectivity index (χ1v) is 14.1. The summed E-state index contributed by atoms with van der Waals surface area (Å²) in [4.78, 5) is 37.5. The van der Waals surface area contributed by atoms with Crippen LogP contribution in [0.4, 0.5) is 4.39 Å². The standard InChI is InChI=1S/C25H27FN6O4S2/c1-29(2)38(36)19-13-17(26)7-6-16(19)12-18-14-27-23(37-18)21-22(34)24(35)32-11-10-31(25(32)28-21)15-20(33)30-8-4-3-5-9-30/h6-7,10-11,13-14,34H,3-5,8-9,12,15H2,1-2H3. The van der Waals surface area contributed by atoms with E-state index >= 15 is 0 Å². The summed E-state index contributed by atoms with van der Waals surface area (Å²) in [5.74, 6) is -0.839. The van der Waals surface area contributed by atoms with Gasteiger partial charge in [-0.3, -0.25) is 9.59 Å². The molecule has 3 aromatic heterocycles. The predicted molar refractivity (Wildman–Crippen MR) is 142 cm³/mol. The summed E-state index contributed by atoms with van der Waals surface area (Å²) >= 11 is 1.22. The molecule has 10 nitrogen and oxygen atoms in total. The molecule has 0 spiro atoms. The van der Waals surface area contributed by atoms with Crippen molar-refractivity contribution in [3.05, 3.63) is 63.4 Å². The Balaban J connectivity index is 1.45. The molecule has 0 aliphatic carbocycles. The van der Waals surface area contributed by atoms with E-state index in [1.165, 1.54) is 38.4 Å². The minimum absolute atomic E-state index is 0.0211. The fourth-order valence-corrected chi connectivity index (χ4v) is 6.34. The molecule has 1 aromatic carbocycles. The molecule has 1 unspecified atom stereocenters. The fourth-order valence-electron chi connectivity index (χ4n) is 4.45. The number of aromatic nitrogens is 4. The molecule has 1 aliphatic heterocycles. The van der Waals surface area contributed by atoms with Crippen molar-refractivity contribution < 1.29 is 18.5 Å². The number of nitrogens with zero attached hydrogens (tertiary/aromatic N) is 6. The third-order valence-electron chi connectivity index (χ3n) is 6.41. The summed E-state index contributed by atoms with van der Waals surface area (Å²) in [7, 11) is 1.75. The molecule has 1 aliphatic rings. The number of hydrogen-bond donors (Lipinski definition) is 1. The second kappa shape index (κ2) is 10.8. The van der Waals surface area contributed by atoms with Gasteiger partial charge < -0.3 is 14.6 Å². The Morgan fingerprint density at radius 2 is 1.97 bits per heavy atom. The molecule has 1 atom stereocenters. The van der Waals surface area contributed by atoms with Gasteiger partial charge in [0.1, 0.15) is 28.4 Å². The molecule has 200 valence electrons. The molecular weight excluding hydrogens is 531 g/mol. The molecule has 1 N–H and O–H groups in total. The summed E-state index contributed by atoms with van der Waals surface area (Å²) in [6.07, 6.45) is 8.06. The maximum Gasteiger partial charge on any atom is 0.302 e. The molecule has 0 radical (unpaired) electrons. The van der Waals surface area contributed by atoms with E-state index in [4.69, 9.17) is 0 Å². The quantitative estimate of drug-likeness (QED) is 0.373. The van der Waals surface area contributed by atoms with Gasteiger partial charge in [-0.1, -0.05) is 6.07 Å². The number of benzene rings is 1. The van der Waals surface area contributed by atoms with Gasteiger partial charge in [-0.05, 0) is 51.1 Å². The van der Waals surface area contributed by atoms with Crippen molar-refractivity contribution in [1.29, 1.82) is 0 Å². The van der Waals surface area contributed by atoms with Crippen LogP contribution in [0, 0.1) is 5.82 Å². The van der Waals surface area contributed by atoms with E-state index in [1.54, 1.807) is 37.1 Å². The normalized spacial score (nSPS) is 14.9. The Morgan fingerprint density at radius 3 is 2.71 bits per heavy atom. The molecule has 0 saturated carbocycles. The van der Waals surface area contributed by atoms with Gasteiger partial charge in [-0.25, -0.2) is 27.3 Å².